The van der Waals surface area contributed by atoms with E-state index in [4.69, 9.17) is 9.57 Å². The van der Waals surface area contributed by atoms with Crippen LogP contribution in [0.4, 0.5) is 4.39 Å². The van der Waals surface area contributed by atoms with Gasteiger partial charge in [-0.3, -0.25) is 14.4 Å². The van der Waals surface area contributed by atoms with E-state index in [0.29, 0.717) is 12.1 Å². The van der Waals surface area contributed by atoms with E-state index in [2.05, 4.69) is 10.5 Å². The fourth-order valence-electron chi connectivity index (χ4n) is 3.39. The number of benzene rings is 1. The molecule has 1 aliphatic heterocycles. The summed E-state index contributed by atoms with van der Waals surface area (Å²) in [5.74, 6) is -2.15. The minimum absolute atomic E-state index is 0.208. The molecular weight excluding hydrogens is 435 g/mol. The molecule has 7 nitrogen and oxygen atoms in total. The Kier molecular flexibility index (Phi) is 7.95. The quantitative estimate of drug-likeness (QED) is 0.403. The van der Waals surface area contributed by atoms with Crippen molar-refractivity contribution >= 4 is 44.8 Å². The Hall–Kier alpha value is -2.81. The third-order valence-corrected chi connectivity index (χ3v) is 6.60. The van der Waals surface area contributed by atoms with Crippen LogP contribution in [0.5, 0.6) is 0 Å². The summed E-state index contributed by atoms with van der Waals surface area (Å²) in [5.41, 5.74) is -0.692. The van der Waals surface area contributed by atoms with Crippen molar-refractivity contribution in [2.45, 2.75) is 57.6 Å². The van der Waals surface area contributed by atoms with Crippen molar-refractivity contribution in [1.29, 1.82) is 0 Å². The van der Waals surface area contributed by atoms with Crippen LogP contribution in [0, 0.1) is 0 Å². The molecule has 2 unspecified atom stereocenters. The van der Waals surface area contributed by atoms with Crippen molar-refractivity contribution in [2.24, 2.45) is 5.16 Å². The van der Waals surface area contributed by atoms with Crippen LogP contribution in [0.15, 0.2) is 35.5 Å². The molecule has 0 bridgehead atoms. The number of carbonyl (C=O) groups is 3. The van der Waals surface area contributed by atoms with Crippen LogP contribution in [0.25, 0.3) is 10.1 Å². The Morgan fingerprint density at radius 3 is 2.78 bits per heavy atom. The van der Waals surface area contributed by atoms with Crippen molar-refractivity contribution in [2.75, 3.05) is 13.3 Å². The first-order valence-corrected chi connectivity index (χ1v) is 11.5. The smallest absolute Gasteiger partial charge is 0.308 e. The van der Waals surface area contributed by atoms with Crippen LogP contribution in [-0.2, 0) is 24.0 Å². The predicted octanol–water partition coefficient (Wildman–Crippen LogP) is 3.93. The molecule has 1 aromatic carbocycles. The fourth-order valence-corrected chi connectivity index (χ4v) is 4.43. The van der Waals surface area contributed by atoms with Crippen LogP contribution in [-0.4, -0.2) is 48.3 Å². The van der Waals surface area contributed by atoms with Gasteiger partial charge in [-0.2, -0.15) is 0 Å². The summed E-state index contributed by atoms with van der Waals surface area (Å²) in [5, 5.41) is 7.72. The van der Waals surface area contributed by atoms with Crippen molar-refractivity contribution in [1.82, 2.24) is 5.32 Å². The van der Waals surface area contributed by atoms with E-state index in [-0.39, 0.29) is 19.4 Å². The predicted molar refractivity (Wildman–Crippen MR) is 120 cm³/mol. The minimum atomic E-state index is -1.33. The van der Waals surface area contributed by atoms with Crippen molar-refractivity contribution < 1.29 is 28.3 Å². The topological polar surface area (TPSA) is 94.1 Å². The Morgan fingerprint density at radius 2 is 2.09 bits per heavy atom. The van der Waals surface area contributed by atoms with Gasteiger partial charge in [0.05, 0.1) is 17.9 Å². The highest BCUT2D eigenvalue weighted by molar-refractivity contribution is 7.20. The number of esters is 1. The molecule has 2 heterocycles. The number of Topliss-reactive ketones (excluding diaryl/α,β-unsaturated/α-hetero) is 1. The van der Waals surface area contributed by atoms with E-state index in [1.54, 1.807) is 18.3 Å². The molecule has 0 aliphatic carbocycles. The van der Waals surface area contributed by atoms with E-state index in [1.165, 1.54) is 0 Å². The highest BCUT2D eigenvalue weighted by Crippen LogP contribution is 2.34. The molecule has 1 N–H and O–H groups in total. The van der Waals surface area contributed by atoms with Gasteiger partial charge in [-0.1, -0.05) is 43.6 Å². The number of amides is 1. The molecule has 0 spiro atoms. The number of thiophene rings is 1. The van der Waals surface area contributed by atoms with E-state index >= 15 is 0 Å². The zero-order valence-electron chi connectivity index (χ0n) is 18.2. The summed E-state index contributed by atoms with van der Waals surface area (Å²) in [4.78, 5) is 43.6. The lowest BCUT2D eigenvalue weighted by Gasteiger charge is -2.26. The molecule has 1 aliphatic rings. The Bertz CT molecular complexity index is 988. The molecule has 1 aromatic heterocycles. The van der Waals surface area contributed by atoms with Crippen LogP contribution >= 0.6 is 11.3 Å². The number of nitrogens with zero attached hydrogens (tertiary/aromatic N) is 1. The molecular formula is C23H27FN2O5S. The summed E-state index contributed by atoms with van der Waals surface area (Å²) in [6.45, 7) is 2.64. The largest absolute Gasteiger partial charge is 0.466 e. The first-order valence-electron chi connectivity index (χ1n) is 10.7. The van der Waals surface area contributed by atoms with Crippen LogP contribution in [0.3, 0.4) is 0 Å². The number of ether oxygens (including phenoxy) is 1. The molecule has 0 saturated heterocycles. The maximum atomic E-state index is 13.1. The number of rotatable bonds is 11. The lowest BCUT2D eigenvalue weighted by molar-refractivity contribution is -0.149. The number of oxime groups is 1. The van der Waals surface area contributed by atoms with E-state index in [1.807, 2.05) is 37.3 Å². The molecule has 3 rings (SSSR count). The molecule has 2 atom stereocenters. The molecule has 0 radical (unpaired) electrons. The number of halogens is 1. The number of unbranched alkanes of at least 4 members (excludes halogenated alkanes) is 1. The molecule has 172 valence electrons. The maximum absolute atomic E-state index is 13.1. The maximum Gasteiger partial charge on any atom is 0.308 e. The summed E-state index contributed by atoms with van der Waals surface area (Å²) < 4.78 is 19.2. The molecule has 2 aromatic rings. The Labute approximate surface area is 189 Å². The van der Waals surface area contributed by atoms with Gasteiger partial charge in [0.1, 0.15) is 18.4 Å². The molecule has 9 heteroatoms. The Balaban J connectivity index is 1.69. The summed E-state index contributed by atoms with van der Waals surface area (Å²) >= 11 is 1.55. The molecule has 0 saturated carbocycles. The van der Waals surface area contributed by atoms with Gasteiger partial charge in [-0.05, 0) is 30.4 Å². The number of ketones is 1. The van der Waals surface area contributed by atoms with Gasteiger partial charge in [0.15, 0.2) is 5.78 Å². The monoisotopic (exact) mass is 462 g/mol. The van der Waals surface area contributed by atoms with E-state index < -0.39 is 42.4 Å². The third kappa shape index (κ3) is 5.32. The molecule has 32 heavy (non-hydrogen) atoms. The number of carbonyl (C=O) groups excluding carboxylic acids is 3. The summed E-state index contributed by atoms with van der Waals surface area (Å²) in [6.07, 6.45) is 1.59. The van der Waals surface area contributed by atoms with Crippen molar-refractivity contribution in [3.05, 3.63) is 35.2 Å². The second-order valence-electron chi connectivity index (χ2n) is 7.71. The number of fused-ring (bicyclic) bond motifs is 1. The molecule has 1 amide bonds. The summed E-state index contributed by atoms with van der Waals surface area (Å²) in [6, 6.07) is 8.58. The van der Waals surface area contributed by atoms with Gasteiger partial charge in [0.2, 0.25) is 5.60 Å². The first-order chi connectivity index (χ1) is 15.4. The second kappa shape index (κ2) is 10.7. The Morgan fingerprint density at radius 1 is 1.31 bits per heavy atom. The number of hydrogen-bond donors (Lipinski definition) is 1. The summed E-state index contributed by atoms with van der Waals surface area (Å²) in [7, 11) is 0. The lowest BCUT2D eigenvalue weighted by atomic mass is 9.92. The van der Waals surface area contributed by atoms with Gasteiger partial charge in [0, 0.05) is 11.1 Å². The average Bonchev–Trinajstić information content (AvgIpc) is 3.43. The average molecular weight is 463 g/mol. The highest BCUT2D eigenvalue weighted by atomic mass is 32.1. The zero-order chi connectivity index (χ0) is 23.1. The minimum Gasteiger partial charge on any atom is -0.466 e. The van der Waals surface area contributed by atoms with Gasteiger partial charge in [-0.25, -0.2) is 4.39 Å². The van der Waals surface area contributed by atoms with Gasteiger partial charge in [-0.15, -0.1) is 11.3 Å². The van der Waals surface area contributed by atoms with Gasteiger partial charge < -0.3 is 14.9 Å². The number of hydrogen-bond acceptors (Lipinski definition) is 7. The lowest BCUT2D eigenvalue weighted by Crippen LogP contribution is -2.53. The van der Waals surface area contributed by atoms with Crippen molar-refractivity contribution in [3.8, 4) is 0 Å². The van der Waals surface area contributed by atoms with Gasteiger partial charge in [0.25, 0.3) is 5.91 Å². The van der Waals surface area contributed by atoms with Crippen LogP contribution < -0.4 is 5.32 Å². The third-order valence-electron chi connectivity index (χ3n) is 5.44. The van der Waals surface area contributed by atoms with E-state index in [9.17, 15) is 18.8 Å². The second-order valence-corrected chi connectivity index (χ2v) is 8.79. The SMILES string of the molecule is CCCCOC(=O)CC(NC(=O)C1(CC)CC(c2cc3ccccc3s2)=NO1)C(=O)CF. The standard InChI is InChI=1S/C23H27FN2O5S/c1-3-5-10-30-21(28)12-16(18(27)14-24)25-22(29)23(4-2)13-17(26-31-23)20-11-15-8-6-7-9-19(15)32-20/h6-9,11,16H,3-5,10,12-14H2,1-2H3,(H,25,29). The first kappa shape index (κ1) is 23.8. The molecule has 0 fully saturated rings. The number of nitrogens with one attached hydrogen (secondary N) is 1. The normalized spacial score (nSPS) is 18.7. The van der Waals surface area contributed by atoms with Crippen molar-refractivity contribution in [3.63, 3.8) is 0 Å². The van der Waals surface area contributed by atoms with E-state index in [0.717, 1.165) is 21.4 Å². The number of alkyl halides is 1. The highest BCUT2D eigenvalue weighted by Gasteiger charge is 2.46. The van der Waals surface area contributed by atoms with Crippen LogP contribution in [0.2, 0.25) is 0 Å². The van der Waals surface area contributed by atoms with Crippen LogP contribution in [0.1, 0.15) is 50.8 Å². The van der Waals surface area contributed by atoms with Gasteiger partial charge >= 0.3 is 5.97 Å². The zero-order valence-corrected chi connectivity index (χ0v) is 19.0. The fraction of sp³-hybridized carbons (Fsp3) is 0.478.